The molecule has 1 aliphatic rings. The van der Waals surface area contributed by atoms with E-state index >= 15 is 0 Å². The van der Waals surface area contributed by atoms with Gasteiger partial charge in [-0.2, -0.15) is 4.31 Å². The monoisotopic (exact) mass is 538 g/mol. The van der Waals surface area contributed by atoms with Crippen molar-refractivity contribution in [1.82, 2.24) is 4.31 Å². The number of anilines is 1. The van der Waals surface area contributed by atoms with Crippen LogP contribution in [0, 0.1) is 0 Å². The maximum absolute atomic E-state index is 14.2. The van der Waals surface area contributed by atoms with Crippen LogP contribution >= 0.6 is 0 Å². The fourth-order valence-electron chi connectivity index (χ4n) is 4.99. The zero-order valence-corrected chi connectivity index (χ0v) is 22.6. The SMILES string of the molecule is COCOc1ccccc1CCN(C1CCCCc2cc(C(=O)OC)ccc21)S(=O)(=O)c1ccccc1N. The maximum atomic E-state index is 14.2. The summed E-state index contributed by atoms with van der Waals surface area (Å²) in [5.41, 5.74) is 9.56. The van der Waals surface area contributed by atoms with E-state index in [-0.39, 0.29) is 23.9 Å². The molecule has 3 aromatic carbocycles. The minimum atomic E-state index is -3.97. The number of rotatable bonds is 10. The Morgan fingerprint density at radius 2 is 1.79 bits per heavy atom. The van der Waals surface area contributed by atoms with E-state index in [0.29, 0.717) is 24.2 Å². The Morgan fingerprint density at radius 3 is 2.55 bits per heavy atom. The zero-order valence-electron chi connectivity index (χ0n) is 21.8. The molecular formula is C29H34N2O6S. The summed E-state index contributed by atoms with van der Waals surface area (Å²) in [6.45, 7) is 0.311. The number of nitrogens with two attached hydrogens (primary N) is 1. The van der Waals surface area contributed by atoms with Crippen LogP contribution < -0.4 is 10.5 Å². The molecule has 1 atom stereocenters. The van der Waals surface area contributed by atoms with Crippen LogP contribution in [0.15, 0.2) is 71.6 Å². The lowest BCUT2D eigenvalue weighted by molar-refractivity contribution is 0.0503. The van der Waals surface area contributed by atoms with E-state index in [1.165, 1.54) is 7.11 Å². The summed E-state index contributed by atoms with van der Waals surface area (Å²) < 4.78 is 45.6. The molecule has 0 fully saturated rings. The average Bonchev–Trinajstić information content (AvgIpc) is 3.14. The number of nitrogen functional groups attached to an aromatic ring is 1. The number of nitrogens with zero attached hydrogens (tertiary/aromatic N) is 1. The highest BCUT2D eigenvalue weighted by Gasteiger charge is 2.35. The van der Waals surface area contributed by atoms with Gasteiger partial charge >= 0.3 is 5.97 Å². The van der Waals surface area contributed by atoms with E-state index in [4.69, 9.17) is 19.9 Å². The molecule has 0 bridgehead atoms. The molecule has 0 aliphatic heterocycles. The predicted molar refractivity (Wildman–Crippen MR) is 145 cm³/mol. The molecule has 3 aromatic rings. The molecule has 1 aliphatic carbocycles. The second kappa shape index (κ2) is 12.4. The van der Waals surface area contributed by atoms with Crippen molar-refractivity contribution in [2.45, 2.75) is 43.0 Å². The number of hydrogen-bond donors (Lipinski definition) is 1. The molecule has 0 saturated carbocycles. The van der Waals surface area contributed by atoms with Gasteiger partial charge in [0.05, 0.1) is 24.4 Å². The van der Waals surface area contributed by atoms with Gasteiger partial charge in [0, 0.05) is 13.7 Å². The summed E-state index contributed by atoms with van der Waals surface area (Å²) in [5, 5.41) is 0. The van der Waals surface area contributed by atoms with Gasteiger partial charge in [-0.1, -0.05) is 42.8 Å². The molecule has 4 rings (SSSR count). The summed E-state index contributed by atoms with van der Waals surface area (Å²) in [4.78, 5) is 12.3. The van der Waals surface area contributed by atoms with Crippen molar-refractivity contribution in [2.75, 3.05) is 33.3 Å². The lowest BCUT2D eigenvalue weighted by Crippen LogP contribution is -2.37. The van der Waals surface area contributed by atoms with Gasteiger partial charge in [0.1, 0.15) is 10.6 Å². The van der Waals surface area contributed by atoms with E-state index < -0.39 is 22.0 Å². The average molecular weight is 539 g/mol. The predicted octanol–water partition coefficient (Wildman–Crippen LogP) is 4.74. The second-order valence-electron chi connectivity index (χ2n) is 9.23. The van der Waals surface area contributed by atoms with Gasteiger partial charge < -0.3 is 19.9 Å². The number of benzene rings is 3. The number of carbonyl (C=O) groups excluding carboxylic acids is 1. The third-order valence-electron chi connectivity index (χ3n) is 6.86. The zero-order chi connectivity index (χ0) is 27.1. The number of esters is 1. The maximum Gasteiger partial charge on any atom is 0.337 e. The standard InChI is InChI=1S/C29H34N2O6S/c1-35-20-37-27-13-7-4-9-21(27)17-18-31(38(33,34)28-14-8-5-11-25(28)30)26-12-6-3-10-22-19-23(29(32)36-2)15-16-24(22)26/h4-5,7-9,11,13-16,19,26H,3,6,10,12,17-18,20,30H2,1-2H3. The molecule has 0 amide bonds. The molecule has 202 valence electrons. The quantitative estimate of drug-likeness (QED) is 0.172. The fraction of sp³-hybridized carbons (Fsp3) is 0.345. The van der Waals surface area contributed by atoms with Gasteiger partial charge in [0.25, 0.3) is 0 Å². The molecular weight excluding hydrogens is 504 g/mol. The third-order valence-corrected chi connectivity index (χ3v) is 8.84. The molecule has 38 heavy (non-hydrogen) atoms. The molecule has 0 heterocycles. The van der Waals surface area contributed by atoms with Crippen LogP contribution in [0.2, 0.25) is 0 Å². The number of para-hydroxylation sites is 2. The summed E-state index contributed by atoms with van der Waals surface area (Å²) in [6.07, 6.45) is 3.57. The number of ether oxygens (including phenoxy) is 3. The lowest BCUT2D eigenvalue weighted by atomic mass is 9.96. The number of hydrogen-bond acceptors (Lipinski definition) is 7. The van der Waals surface area contributed by atoms with E-state index in [2.05, 4.69) is 0 Å². The van der Waals surface area contributed by atoms with E-state index in [9.17, 15) is 13.2 Å². The topological polar surface area (TPSA) is 108 Å². The third kappa shape index (κ3) is 6.01. The van der Waals surface area contributed by atoms with Gasteiger partial charge in [-0.3, -0.25) is 0 Å². The molecule has 0 radical (unpaired) electrons. The van der Waals surface area contributed by atoms with Crippen LogP contribution in [0.5, 0.6) is 5.75 Å². The van der Waals surface area contributed by atoms with Crippen molar-refractivity contribution >= 4 is 21.7 Å². The van der Waals surface area contributed by atoms with Gasteiger partial charge in [-0.15, -0.1) is 0 Å². The molecule has 2 N–H and O–H groups in total. The van der Waals surface area contributed by atoms with Crippen molar-refractivity contribution in [3.63, 3.8) is 0 Å². The van der Waals surface area contributed by atoms with Crippen molar-refractivity contribution in [2.24, 2.45) is 0 Å². The number of methoxy groups -OCH3 is 2. The van der Waals surface area contributed by atoms with Crippen molar-refractivity contribution in [3.8, 4) is 5.75 Å². The first-order valence-corrected chi connectivity index (χ1v) is 14.1. The first-order valence-electron chi connectivity index (χ1n) is 12.6. The van der Waals surface area contributed by atoms with E-state index in [1.54, 1.807) is 41.7 Å². The summed E-state index contributed by atoms with van der Waals surface area (Å²) >= 11 is 0. The Morgan fingerprint density at radius 1 is 1.03 bits per heavy atom. The van der Waals surface area contributed by atoms with Crippen LogP contribution in [0.4, 0.5) is 5.69 Å². The van der Waals surface area contributed by atoms with Gasteiger partial charge in [-0.25, -0.2) is 13.2 Å². The summed E-state index contributed by atoms with van der Waals surface area (Å²) in [6, 6.07) is 19.1. The van der Waals surface area contributed by atoms with Crippen LogP contribution in [0.1, 0.15) is 52.4 Å². The summed E-state index contributed by atoms with van der Waals surface area (Å²) in [7, 11) is -1.07. The highest BCUT2D eigenvalue weighted by atomic mass is 32.2. The van der Waals surface area contributed by atoms with Crippen LogP contribution in [-0.4, -0.2) is 46.2 Å². The van der Waals surface area contributed by atoms with Gasteiger partial charge in [0.2, 0.25) is 10.0 Å². The van der Waals surface area contributed by atoms with Crippen molar-refractivity contribution in [1.29, 1.82) is 0 Å². The van der Waals surface area contributed by atoms with Crippen LogP contribution in [0.3, 0.4) is 0 Å². The normalized spacial score (nSPS) is 15.5. The molecule has 8 nitrogen and oxygen atoms in total. The Labute approximate surface area is 224 Å². The number of carbonyl (C=O) groups is 1. The largest absolute Gasteiger partial charge is 0.467 e. The molecule has 9 heteroatoms. The minimum absolute atomic E-state index is 0.0842. The van der Waals surface area contributed by atoms with Crippen LogP contribution in [-0.2, 0) is 32.3 Å². The smallest absolute Gasteiger partial charge is 0.337 e. The Kier molecular flexibility index (Phi) is 9.04. The Hall–Kier alpha value is -3.40. The lowest BCUT2D eigenvalue weighted by Gasteiger charge is -2.32. The molecule has 0 aromatic heterocycles. The number of fused-ring (bicyclic) bond motifs is 1. The van der Waals surface area contributed by atoms with Gasteiger partial charge in [0.15, 0.2) is 6.79 Å². The Balaban J connectivity index is 1.77. The first-order chi connectivity index (χ1) is 18.4. The highest BCUT2D eigenvalue weighted by molar-refractivity contribution is 7.89. The molecule has 0 spiro atoms. The Bertz CT molecular complexity index is 1370. The van der Waals surface area contributed by atoms with Crippen LogP contribution in [0.25, 0.3) is 0 Å². The molecule has 0 saturated heterocycles. The first kappa shape index (κ1) is 27.6. The second-order valence-corrected chi connectivity index (χ2v) is 11.1. The number of aryl methyl sites for hydroxylation is 1. The van der Waals surface area contributed by atoms with E-state index in [0.717, 1.165) is 36.0 Å². The number of sulfonamides is 1. The minimum Gasteiger partial charge on any atom is -0.467 e. The highest BCUT2D eigenvalue weighted by Crippen LogP contribution is 2.38. The van der Waals surface area contributed by atoms with Crippen molar-refractivity contribution < 1.29 is 27.4 Å². The van der Waals surface area contributed by atoms with Gasteiger partial charge in [-0.05, 0) is 72.7 Å². The molecule has 1 unspecified atom stereocenters. The summed E-state index contributed by atoms with van der Waals surface area (Å²) in [5.74, 6) is 0.234. The van der Waals surface area contributed by atoms with E-state index in [1.807, 2.05) is 36.4 Å². The van der Waals surface area contributed by atoms with Crippen molar-refractivity contribution in [3.05, 3.63) is 89.0 Å². The fourth-order valence-corrected chi connectivity index (χ4v) is 6.74.